The van der Waals surface area contributed by atoms with Gasteiger partial charge in [-0.15, -0.1) is 0 Å². The van der Waals surface area contributed by atoms with Crippen molar-refractivity contribution in [2.45, 2.75) is 45.8 Å². The molecule has 0 bridgehead atoms. The molecule has 0 unspecified atom stereocenters. The van der Waals surface area contributed by atoms with Crippen LogP contribution in [0.1, 0.15) is 39.4 Å². The van der Waals surface area contributed by atoms with E-state index in [0.29, 0.717) is 32.5 Å². The van der Waals surface area contributed by atoms with Gasteiger partial charge in [0.15, 0.2) is 0 Å². The number of rotatable bonds is 3. The Bertz CT molecular complexity index is 829. The van der Waals surface area contributed by atoms with E-state index >= 15 is 0 Å². The molecule has 1 aromatic carbocycles. The maximum Gasteiger partial charge on any atom is 0.410 e. The van der Waals surface area contributed by atoms with Gasteiger partial charge in [0.05, 0.1) is 17.6 Å². The molecule has 1 aromatic heterocycles. The minimum absolute atomic E-state index is 0.0193. The van der Waals surface area contributed by atoms with E-state index < -0.39 is 5.60 Å². The molecule has 1 N–H and O–H groups in total. The number of imidazole rings is 1. The van der Waals surface area contributed by atoms with Crippen LogP contribution in [0.25, 0.3) is 11.0 Å². The van der Waals surface area contributed by atoms with Gasteiger partial charge in [-0.2, -0.15) is 0 Å². The lowest BCUT2D eigenvalue weighted by Crippen LogP contribution is -2.44. The number of carbonyl (C=O) groups excluding carboxylic acids is 2. The fraction of sp³-hybridized carbons (Fsp3) is 0.550. The second-order valence-corrected chi connectivity index (χ2v) is 8.04. The number of fused-ring (bicyclic) bond motifs is 1. The normalized spacial score (nSPS) is 15.8. The first-order chi connectivity index (χ1) is 12.7. The Morgan fingerprint density at radius 2 is 1.89 bits per heavy atom. The lowest BCUT2D eigenvalue weighted by molar-refractivity contribution is -0.126. The third kappa shape index (κ3) is 4.59. The molecule has 1 fully saturated rings. The highest BCUT2D eigenvalue weighted by Crippen LogP contribution is 2.20. The molecule has 0 saturated carbocycles. The highest BCUT2D eigenvalue weighted by molar-refractivity contribution is 5.79. The largest absolute Gasteiger partial charge is 0.444 e. The number of aromatic nitrogens is 2. The summed E-state index contributed by atoms with van der Waals surface area (Å²) >= 11 is 0. The third-order valence-corrected chi connectivity index (χ3v) is 4.82. The van der Waals surface area contributed by atoms with Crippen molar-refractivity contribution in [3.05, 3.63) is 30.1 Å². The number of carbonyl (C=O) groups is 2. The Morgan fingerprint density at radius 3 is 2.52 bits per heavy atom. The minimum atomic E-state index is -0.503. The van der Waals surface area contributed by atoms with Crippen LogP contribution in [0.3, 0.4) is 0 Å². The molecule has 2 amide bonds. The first-order valence-corrected chi connectivity index (χ1v) is 9.40. The molecular formula is C20H28N4O3. The van der Waals surface area contributed by atoms with Gasteiger partial charge >= 0.3 is 6.09 Å². The van der Waals surface area contributed by atoms with E-state index in [0.717, 1.165) is 16.9 Å². The van der Waals surface area contributed by atoms with Gasteiger partial charge in [-0.1, -0.05) is 12.1 Å². The number of ether oxygens (including phenoxy) is 1. The van der Waals surface area contributed by atoms with Gasteiger partial charge in [0.25, 0.3) is 0 Å². The quantitative estimate of drug-likeness (QED) is 0.899. The van der Waals surface area contributed by atoms with E-state index in [2.05, 4.69) is 10.3 Å². The standard InChI is InChI=1S/C20H28N4O3/c1-20(2,3)27-19(26)24-11-9-14(10-12-24)18(25)21-13-17-22-15-7-5-6-8-16(15)23(17)4/h5-8,14H,9-13H2,1-4H3,(H,21,25). The average Bonchev–Trinajstić information content (AvgIpc) is 2.95. The summed E-state index contributed by atoms with van der Waals surface area (Å²) in [5.74, 6) is 0.764. The number of aryl methyl sites for hydroxylation is 1. The molecule has 3 rings (SSSR count). The van der Waals surface area contributed by atoms with E-state index in [-0.39, 0.29) is 17.9 Å². The van der Waals surface area contributed by atoms with Gasteiger partial charge < -0.3 is 19.5 Å². The van der Waals surface area contributed by atoms with Crippen LogP contribution in [0.5, 0.6) is 0 Å². The summed E-state index contributed by atoms with van der Waals surface area (Å²) in [4.78, 5) is 30.9. The van der Waals surface area contributed by atoms with Crippen molar-refractivity contribution in [3.8, 4) is 0 Å². The molecule has 7 nitrogen and oxygen atoms in total. The van der Waals surface area contributed by atoms with Crippen LogP contribution < -0.4 is 5.32 Å². The second-order valence-electron chi connectivity index (χ2n) is 8.04. The maximum atomic E-state index is 12.5. The smallest absolute Gasteiger partial charge is 0.410 e. The minimum Gasteiger partial charge on any atom is -0.444 e. The zero-order valence-corrected chi connectivity index (χ0v) is 16.5. The van der Waals surface area contributed by atoms with E-state index in [9.17, 15) is 9.59 Å². The highest BCUT2D eigenvalue weighted by atomic mass is 16.6. The summed E-state index contributed by atoms with van der Waals surface area (Å²) in [6.45, 7) is 7.04. The SMILES string of the molecule is Cn1c(CNC(=O)C2CCN(C(=O)OC(C)(C)C)CC2)nc2ccccc21. The van der Waals surface area contributed by atoms with Crippen molar-refractivity contribution >= 4 is 23.0 Å². The number of amides is 2. The zero-order chi connectivity index (χ0) is 19.6. The predicted octanol–water partition coefficient (Wildman–Crippen LogP) is 2.84. The summed E-state index contributed by atoms with van der Waals surface area (Å²) in [6.07, 6.45) is 0.988. The van der Waals surface area contributed by atoms with Crippen molar-refractivity contribution < 1.29 is 14.3 Å². The molecule has 0 radical (unpaired) electrons. The number of likely N-dealkylation sites (tertiary alicyclic amines) is 1. The van der Waals surface area contributed by atoms with E-state index in [1.165, 1.54) is 0 Å². The van der Waals surface area contributed by atoms with E-state index in [4.69, 9.17) is 4.74 Å². The molecule has 2 heterocycles. The summed E-state index contributed by atoms with van der Waals surface area (Å²) in [6, 6.07) is 7.91. The lowest BCUT2D eigenvalue weighted by Gasteiger charge is -2.32. The van der Waals surface area contributed by atoms with Crippen LogP contribution in [-0.4, -0.2) is 45.1 Å². The van der Waals surface area contributed by atoms with Crippen LogP contribution in [0.15, 0.2) is 24.3 Å². The van der Waals surface area contributed by atoms with Crippen molar-refractivity contribution in [2.24, 2.45) is 13.0 Å². The van der Waals surface area contributed by atoms with Crippen LogP contribution in [0.2, 0.25) is 0 Å². The van der Waals surface area contributed by atoms with Crippen LogP contribution >= 0.6 is 0 Å². The molecule has 2 aromatic rings. The Hall–Kier alpha value is -2.57. The molecule has 0 spiro atoms. The molecular weight excluding hydrogens is 344 g/mol. The molecule has 27 heavy (non-hydrogen) atoms. The number of nitrogens with one attached hydrogen (secondary N) is 1. The topological polar surface area (TPSA) is 76.5 Å². The summed E-state index contributed by atoms with van der Waals surface area (Å²) in [5.41, 5.74) is 1.47. The van der Waals surface area contributed by atoms with Gasteiger partial charge in [-0.3, -0.25) is 4.79 Å². The maximum absolute atomic E-state index is 12.5. The molecule has 7 heteroatoms. The molecule has 146 valence electrons. The first-order valence-electron chi connectivity index (χ1n) is 9.40. The highest BCUT2D eigenvalue weighted by Gasteiger charge is 2.29. The number of para-hydroxylation sites is 2. The van der Waals surface area contributed by atoms with Gasteiger partial charge in [-0.25, -0.2) is 9.78 Å². The number of hydrogen-bond acceptors (Lipinski definition) is 4. The number of hydrogen-bond donors (Lipinski definition) is 1. The summed E-state index contributed by atoms with van der Waals surface area (Å²) < 4.78 is 7.40. The zero-order valence-electron chi connectivity index (χ0n) is 16.5. The van der Waals surface area contributed by atoms with Crippen LogP contribution in [0.4, 0.5) is 4.79 Å². The predicted molar refractivity (Wildman–Crippen MR) is 103 cm³/mol. The van der Waals surface area contributed by atoms with Gasteiger partial charge in [0.2, 0.25) is 5.91 Å². The Labute approximate surface area is 159 Å². The Balaban J connectivity index is 1.51. The fourth-order valence-corrected chi connectivity index (χ4v) is 3.31. The average molecular weight is 372 g/mol. The molecule has 1 saturated heterocycles. The summed E-state index contributed by atoms with van der Waals surface area (Å²) in [5, 5.41) is 3.00. The number of piperidine rings is 1. The van der Waals surface area contributed by atoms with E-state index in [1.54, 1.807) is 4.90 Å². The van der Waals surface area contributed by atoms with Gasteiger partial charge in [-0.05, 0) is 45.7 Å². The monoisotopic (exact) mass is 372 g/mol. The van der Waals surface area contributed by atoms with Gasteiger partial charge in [0.1, 0.15) is 11.4 Å². The van der Waals surface area contributed by atoms with Crippen LogP contribution in [-0.2, 0) is 23.1 Å². The van der Waals surface area contributed by atoms with Crippen molar-refractivity contribution in [1.29, 1.82) is 0 Å². The van der Waals surface area contributed by atoms with Crippen molar-refractivity contribution in [3.63, 3.8) is 0 Å². The lowest BCUT2D eigenvalue weighted by atomic mass is 9.96. The summed E-state index contributed by atoms with van der Waals surface area (Å²) in [7, 11) is 1.95. The van der Waals surface area contributed by atoms with Gasteiger partial charge in [0, 0.05) is 26.1 Å². The van der Waals surface area contributed by atoms with Crippen molar-refractivity contribution in [2.75, 3.05) is 13.1 Å². The van der Waals surface area contributed by atoms with Crippen molar-refractivity contribution in [1.82, 2.24) is 19.8 Å². The Kier molecular flexibility index (Phi) is 5.39. The molecule has 1 aliphatic heterocycles. The molecule has 0 atom stereocenters. The van der Waals surface area contributed by atoms with E-state index in [1.807, 2.05) is 56.7 Å². The second kappa shape index (κ2) is 7.58. The molecule has 1 aliphatic rings. The third-order valence-electron chi connectivity index (χ3n) is 4.82. The number of nitrogens with zero attached hydrogens (tertiary/aromatic N) is 3. The number of benzene rings is 1. The Morgan fingerprint density at radius 1 is 1.22 bits per heavy atom. The molecule has 0 aliphatic carbocycles. The first kappa shape index (κ1) is 19.2. The van der Waals surface area contributed by atoms with Crippen LogP contribution in [0, 0.1) is 5.92 Å². The fourth-order valence-electron chi connectivity index (χ4n) is 3.31.